The maximum absolute atomic E-state index is 5.64. The molecule has 102 valence electrons. The molecule has 18 heavy (non-hydrogen) atoms. The van der Waals surface area contributed by atoms with E-state index in [0.29, 0.717) is 19.8 Å². The Morgan fingerprint density at radius 3 is 1.72 bits per heavy atom. The average Bonchev–Trinajstić information content (AvgIpc) is 2.34. The Labute approximate surface area is 109 Å². The molecule has 0 atom stereocenters. The van der Waals surface area contributed by atoms with E-state index in [9.17, 15) is 0 Å². The van der Waals surface area contributed by atoms with Gasteiger partial charge in [0.05, 0.1) is 19.8 Å². The van der Waals surface area contributed by atoms with E-state index in [0.717, 1.165) is 29.5 Å². The van der Waals surface area contributed by atoms with Crippen LogP contribution in [0, 0.1) is 0 Å². The van der Waals surface area contributed by atoms with Crippen molar-refractivity contribution in [2.45, 2.75) is 27.7 Å². The molecule has 0 heterocycles. The molecule has 1 rings (SSSR count). The van der Waals surface area contributed by atoms with Crippen LogP contribution in [-0.4, -0.2) is 26.4 Å². The fourth-order valence-electron chi connectivity index (χ4n) is 1.71. The predicted octanol–water partition coefficient (Wildman–Crippen LogP) is 3.31. The van der Waals surface area contributed by atoms with E-state index < -0.39 is 0 Å². The first-order valence-corrected chi connectivity index (χ1v) is 6.57. The van der Waals surface area contributed by atoms with Crippen LogP contribution in [0.5, 0.6) is 17.2 Å². The Balaban J connectivity index is 3.15. The summed E-state index contributed by atoms with van der Waals surface area (Å²) in [5, 5.41) is 3.28. The third-order valence-electron chi connectivity index (χ3n) is 2.30. The van der Waals surface area contributed by atoms with Gasteiger partial charge in [0.25, 0.3) is 0 Å². The lowest BCUT2D eigenvalue weighted by Crippen LogP contribution is -2.06. The molecule has 0 spiro atoms. The molecule has 0 unspecified atom stereocenters. The van der Waals surface area contributed by atoms with Crippen molar-refractivity contribution in [1.29, 1.82) is 0 Å². The molecular weight excluding hydrogens is 230 g/mol. The van der Waals surface area contributed by atoms with Crippen molar-refractivity contribution in [3.05, 3.63) is 12.1 Å². The standard InChI is InChI=1S/C14H23NO3/c1-5-15-14-12(17-7-3)9-11(16-6-2)10-13(14)18-8-4/h9-10,15H,5-8H2,1-4H3. The van der Waals surface area contributed by atoms with Crippen molar-refractivity contribution >= 4 is 5.69 Å². The Morgan fingerprint density at radius 2 is 1.33 bits per heavy atom. The number of hydrogen-bond donors (Lipinski definition) is 1. The summed E-state index contributed by atoms with van der Waals surface area (Å²) in [7, 11) is 0. The maximum atomic E-state index is 5.64. The number of ether oxygens (including phenoxy) is 3. The SMILES string of the molecule is CCNc1c(OCC)cc(OCC)cc1OCC. The van der Waals surface area contributed by atoms with Crippen LogP contribution >= 0.6 is 0 Å². The van der Waals surface area contributed by atoms with Gasteiger partial charge in [-0.1, -0.05) is 0 Å². The van der Waals surface area contributed by atoms with E-state index in [-0.39, 0.29) is 0 Å². The van der Waals surface area contributed by atoms with Gasteiger partial charge in [0.2, 0.25) is 0 Å². The summed E-state index contributed by atoms with van der Waals surface area (Å²) in [6, 6.07) is 3.79. The zero-order chi connectivity index (χ0) is 13.4. The Morgan fingerprint density at radius 1 is 0.833 bits per heavy atom. The van der Waals surface area contributed by atoms with Crippen molar-refractivity contribution < 1.29 is 14.2 Å². The van der Waals surface area contributed by atoms with Gasteiger partial charge in [-0.3, -0.25) is 0 Å². The first-order chi connectivity index (χ1) is 8.76. The highest BCUT2D eigenvalue weighted by Gasteiger charge is 2.13. The van der Waals surface area contributed by atoms with Gasteiger partial charge >= 0.3 is 0 Å². The molecule has 0 saturated heterocycles. The molecule has 1 N–H and O–H groups in total. The Bertz CT molecular complexity index is 339. The van der Waals surface area contributed by atoms with Crippen LogP contribution in [0.15, 0.2) is 12.1 Å². The van der Waals surface area contributed by atoms with Crippen LogP contribution in [0.2, 0.25) is 0 Å². The number of hydrogen-bond acceptors (Lipinski definition) is 4. The Hall–Kier alpha value is -1.58. The van der Waals surface area contributed by atoms with Gasteiger partial charge in [-0.2, -0.15) is 0 Å². The Kier molecular flexibility index (Phi) is 6.19. The van der Waals surface area contributed by atoms with E-state index in [1.165, 1.54) is 0 Å². The van der Waals surface area contributed by atoms with Gasteiger partial charge in [0.1, 0.15) is 22.9 Å². The molecule has 0 bridgehead atoms. The lowest BCUT2D eigenvalue weighted by Gasteiger charge is -2.17. The molecule has 0 radical (unpaired) electrons. The summed E-state index contributed by atoms with van der Waals surface area (Å²) in [6.45, 7) is 10.6. The topological polar surface area (TPSA) is 39.7 Å². The minimum absolute atomic E-state index is 0.611. The van der Waals surface area contributed by atoms with E-state index in [1.54, 1.807) is 0 Å². The van der Waals surface area contributed by atoms with Crippen LogP contribution in [0.3, 0.4) is 0 Å². The summed E-state index contributed by atoms with van der Waals surface area (Å²) in [5.74, 6) is 2.31. The highest BCUT2D eigenvalue weighted by Crippen LogP contribution is 2.39. The molecule has 1 aromatic carbocycles. The van der Waals surface area contributed by atoms with Crippen LogP contribution in [-0.2, 0) is 0 Å². The summed E-state index contributed by atoms with van der Waals surface area (Å²) >= 11 is 0. The van der Waals surface area contributed by atoms with E-state index >= 15 is 0 Å². The molecule has 0 amide bonds. The minimum atomic E-state index is 0.611. The van der Waals surface area contributed by atoms with Crippen LogP contribution in [0.25, 0.3) is 0 Å². The largest absolute Gasteiger partial charge is 0.494 e. The molecule has 0 aromatic heterocycles. The first-order valence-electron chi connectivity index (χ1n) is 6.57. The zero-order valence-electron chi connectivity index (χ0n) is 11.7. The van der Waals surface area contributed by atoms with Gasteiger partial charge in [0, 0.05) is 18.7 Å². The van der Waals surface area contributed by atoms with Gasteiger partial charge in [-0.15, -0.1) is 0 Å². The van der Waals surface area contributed by atoms with E-state index in [4.69, 9.17) is 14.2 Å². The minimum Gasteiger partial charge on any atom is -0.494 e. The average molecular weight is 253 g/mol. The molecule has 0 aliphatic heterocycles. The van der Waals surface area contributed by atoms with Crippen molar-refractivity contribution in [3.63, 3.8) is 0 Å². The monoisotopic (exact) mass is 253 g/mol. The normalized spacial score (nSPS) is 10.0. The van der Waals surface area contributed by atoms with Crippen LogP contribution < -0.4 is 19.5 Å². The number of nitrogens with one attached hydrogen (secondary N) is 1. The summed E-state index contributed by atoms with van der Waals surface area (Å²) in [5.41, 5.74) is 0.893. The quantitative estimate of drug-likeness (QED) is 0.771. The maximum Gasteiger partial charge on any atom is 0.149 e. The molecule has 0 fully saturated rings. The highest BCUT2D eigenvalue weighted by atomic mass is 16.5. The van der Waals surface area contributed by atoms with Crippen molar-refractivity contribution in [1.82, 2.24) is 0 Å². The fraction of sp³-hybridized carbons (Fsp3) is 0.571. The number of anilines is 1. The molecule has 1 aromatic rings. The summed E-state index contributed by atoms with van der Waals surface area (Å²) in [4.78, 5) is 0. The van der Waals surface area contributed by atoms with Crippen molar-refractivity contribution in [2.75, 3.05) is 31.7 Å². The number of rotatable bonds is 8. The van der Waals surface area contributed by atoms with Gasteiger partial charge < -0.3 is 19.5 Å². The molecule has 0 aliphatic rings. The van der Waals surface area contributed by atoms with Gasteiger partial charge in [-0.05, 0) is 27.7 Å². The van der Waals surface area contributed by atoms with Gasteiger partial charge in [0.15, 0.2) is 0 Å². The van der Waals surface area contributed by atoms with Gasteiger partial charge in [-0.25, -0.2) is 0 Å². The third kappa shape index (κ3) is 3.72. The molecule has 0 aliphatic carbocycles. The lowest BCUT2D eigenvalue weighted by molar-refractivity contribution is 0.309. The van der Waals surface area contributed by atoms with E-state index in [2.05, 4.69) is 5.32 Å². The predicted molar refractivity (Wildman–Crippen MR) is 74.1 cm³/mol. The lowest BCUT2D eigenvalue weighted by atomic mass is 10.2. The second kappa shape index (κ2) is 7.69. The molecule has 4 nitrogen and oxygen atoms in total. The van der Waals surface area contributed by atoms with Crippen molar-refractivity contribution in [2.24, 2.45) is 0 Å². The fourth-order valence-corrected chi connectivity index (χ4v) is 1.71. The van der Waals surface area contributed by atoms with E-state index in [1.807, 2.05) is 39.8 Å². The second-order valence-electron chi connectivity index (χ2n) is 3.62. The molecule has 0 saturated carbocycles. The number of benzene rings is 1. The van der Waals surface area contributed by atoms with Crippen LogP contribution in [0.4, 0.5) is 5.69 Å². The summed E-state index contributed by atoms with van der Waals surface area (Å²) in [6.07, 6.45) is 0. The zero-order valence-corrected chi connectivity index (χ0v) is 11.7. The highest BCUT2D eigenvalue weighted by molar-refractivity contribution is 5.68. The molecular formula is C14H23NO3. The smallest absolute Gasteiger partial charge is 0.149 e. The third-order valence-corrected chi connectivity index (χ3v) is 2.30. The summed E-state index contributed by atoms with van der Waals surface area (Å²) < 4.78 is 16.8. The second-order valence-corrected chi connectivity index (χ2v) is 3.62. The first kappa shape index (κ1) is 14.5. The van der Waals surface area contributed by atoms with Crippen molar-refractivity contribution in [3.8, 4) is 17.2 Å². The molecule has 4 heteroatoms. The van der Waals surface area contributed by atoms with Crippen LogP contribution in [0.1, 0.15) is 27.7 Å².